The third-order valence-electron chi connectivity index (χ3n) is 8.27. The highest BCUT2D eigenvalue weighted by Crippen LogP contribution is 2.20. The van der Waals surface area contributed by atoms with Crippen molar-refractivity contribution in [3.05, 3.63) is 34.4 Å². The summed E-state index contributed by atoms with van der Waals surface area (Å²) in [6.07, 6.45) is -3.79. The van der Waals surface area contributed by atoms with Gasteiger partial charge in [0.2, 0.25) is 23.6 Å². The van der Waals surface area contributed by atoms with Gasteiger partial charge >= 0.3 is 29.8 Å². The quantitative estimate of drug-likeness (QED) is 0.0188. The largest absolute Gasteiger partial charge is 0.481 e. The summed E-state index contributed by atoms with van der Waals surface area (Å²) in [5.41, 5.74) is -2.96. The van der Waals surface area contributed by atoms with Crippen molar-refractivity contribution in [2.45, 2.75) is 69.4 Å². The molecule has 11 N–H and O–H groups in total. The lowest BCUT2D eigenvalue weighted by Gasteiger charge is -2.24. The number of carbonyl (C=O) groups excluding carboxylic acids is 11. The maximum absolute atomic E-state index is 13.7. The molecule has 6 atom stereocenters. The first-order chi connectivity index (χ1) is 30.9. The van der Waals surface area contributed by atoms with Gasteiger partial charge in [0.05, 0.1) is 30.4 Å². The van der Waals surface area contributed by atoms with E-state index in [0.29, 0.717) is 12.1 Å². The third-order valence-corrected chi connectivity index (χ3v) is 8.27. The molecule has 0 aromatic heterocycles. The molecule has 0 radical (unpaired) electrons. The van der Waals surface area contributed by atoms with Gasteiger partial charge in [-0.3, -0.25) is 67.1 Å². The van der Waals surface area contributed by atoms with Crippen LogP contribution in [-0.4, -0.2) is 178 Å². The number of carboxylic acids is 5. The molecule has 0 aliphatic carbocycles. The second kappa shape index (κ2) is 26.6. The Balaban J connectivity index is 3.64. The van der Waals surface area contributed by atoms with Crippen LogP contribution in [0.3, 0.4) is 0 Å². The minimum absolute atomic E-state index is 0.137. The number of ketones is 2. The number of hydrogen-bond donors (Lipinski definition) is 11. The minimum atomic E-state index is -2.24. The van der Waals surface area contributed by atoms with Crippen LogP contribution < -0.4 is 31.9 Å². The molecular weight excluding hydrogens is 900 g/mol. The summed E-state index contributed by atoms with van der Waals surface area (Å²) in [5.74, 6) is -19.7. The second-order valence-electron chi connectivity index (χ2n) is 13.1. The van der Waals surface area contributed by atoms with Crippen LogP contribution in [0, 0.1) is 0 Å². The monoisotopic (exact) mass is 940 g/mol. The highest BCUT2D eigenvalue weighted by Gasteiger charge is 2.35. The number of benzene rings is 1. The Morgan fingerprint density at radius 2 is 0.697 bits per heavy atom. The van der Waals surface area contributed by atoms with Crippen LogP contribution in [0.15, 0.2) is 12.1 Å². The Hall–Kier alpha value is -8.86. The molecule has 0 aliphatic rings. The summed E-state index contributed by atoms with van der Waals surface area (Å²) < 4.78 is 13.4. The molecule has 0 saturated heterocycles. The summed E-state index contributed by atoms with van der Waals surface area (Å²) in [7, 11) is 0. The Kier molecular flexibility index (Phi) is 22.2. The Morgan fingerprint density at radius 1 is 0.424 bits per heavy atom. The van der Waals surface area contributed by atoms with Gasteiger partial charge in [-0.2, -0.15) is 0 Å². The first kappa shape index (κ1) is 55.2. The van der Waals surface area contributed by atoms with E-state index in [1.165, 1.54) is 0 Å². The van der Waals surface area contributed by atoms with E-state index in [4.69, 9.17) is 5.11 Å². The van der Waals surface area contributed by atoms with E-state index in [-0.39, 0.29) is 19.4 Å². The molecular formula is C36H40N6O24. The topological polar surface area (TPSA) is 474 Å². The van der Waals surface area contributed by atoms with E-state index >= 15 is 0 Å². The number of amides is 6. The number of aliphatic carboxylic acids is 5. The predicted molar refractivity (Wildman–Crippen MR) is 205 cm³/mol. The van der Waals surface area contributed by atoms with E-state index in [9.17, 15) is 97.1 Å². The average Bonchev–Trinajstić information content (AvgIpc) is 3.22. The lowest BCUT2D eigenvalue weighted by atomic mass is 9.93. The molecule has 66 heavy (non-hydrogen) atoms. The van der Waals surface area contributed by atoms with E-state index in [1.54, 1.807) is 5.32 Å². The summed E-state index contributed by atoms with van der Waals surface area (Å²) in [4.78, 5) is 195. The molecule has 358 valence electrons. The molecule has 30 nitrogen and oxygen atoms in total. The summed E-state index contributed by atoms with van der Waals surface area (Å²) in [5, 5.41) is 57.7. The number of rotatable bonds is 31. The van der Waals surface area contributed by atoms with Crippen LogP contribution in [0.4, 0.5) is 0 Å². The molecule has 30 heteroatoms. The molecule has 0 aliphatic heterocycles. The molecule has 1 aromatic rings. The molecule has 0 heterocycles. The third kappa shape index (κ3) is 17.9. The Morgan fingerprint density at radius 3 is 1.05 bits per heavy atom. The van der Waals surface area contributed by atoms with Gasteiger partial charge < -0.3 is 71.6 Å². The minimum Gasteiger partial charge on any atom is -0.481 e. The van der Waals surface area contributed by atoms with E-state index in [2.05, 4.69) is 19.5 Å². The second-order valence-corrected chi connectivity index (χ2v) is 13.1. The average molecular weight is 941 g/mol. The van der Waals surface area contributed by atoms with Crippen molar-refractivity contribution in [3.63, 3.8) is 0 Å². The first-order valence-corrected chi connectivity index (χ1v) is 18.2. The van der Waals surface area contributed by atoms with Crippen molar-refractivity contribution in [1.82, 2.24) is 31.9 Å². The summed E-state index contributed by atoms with van der Waals surface area (Å²) in [6, 6.07) is -11.1. The highest BCUT2D eigenvalue weighted by atomic mass is 16.5. The van der Waals surface area contributed by atoms with Crippen LogP contribution in [0.5, 0.6) is 0 Å². The summed E-state index contributed by atoms with van der Waals surface area (Å²) >= 11 is 0. The van der Waals surface area contributed by atoms with Gasteiger partial charge in [-0.05, 0) is 26.0 Å². The normalized spacial score (nSPS) is 13.1. The maximum atomic E-state index is 13.7. The molecule has 1 rings (SSSR count). The van der Waals surface area contributed by atoms with Crippen molar-refractivity contribution in [2.75, 3.05) is 19.8 Å². The van der Waals surface area contributed by atoms with Crippen LogP contribution in [-0.2, 0) is 71.7 Å². The van der Waals surface area contributed by atoms with Crippen molar-refractivity contribution in [2.24, 2.45) is 0 Å². The van der Waals surface area contributed by atoms with Gasteiger partial charge in [0.15, 0.2) is 17.6 Å². The highest BCUT2D eigenvalue weighted by molar-refractivity contribution is 6.15. The predicted octanol–water partition coefficient (Wildman–Crippen LogP) is -5.66. The summed E-state index contributed by atoms with van der Waals surface area (Å²) in [6.45, 7) is -1.68. The Bertz CT molecular complexity index is 2140. The lowest BCUT2D eigenvalue weighted by molar-refractivity contribution is -0.148. The lowest BCUT2D eigenvalue weighted by Crippen LogP contribution is -2.58. The fraction of sp³-hybridized carbons (Fsp3) is 0.389. The number of Topliss-reactive ketones (excluding diaryl/α,β-unsaturated/α-hetero) is 2. The molecule has 6 amide bonds. The number of hydrogen-bond acceptors (Lipinski definition) is 19. The van der Waals surface area contributed by atoms with E-state index in [1.807, 2.05) is 21.3 Å². The fourth-order valence-electron chi connectivity index (χ4n) is 5.21. The van der Waals surface area contributed by atoms with Crippen LogP contribution in [0.2, 0.25) is 0 Å². The molecule has 0 fully saturated rings. The Labute approximate surface area is 368 Å². The van der Waals surface area contributed by atoms with Gasteiger partial charge in [-0.1, -0.05) is 0 Å². The molecule has 0 saturated carbocycles. The standard InChI is InChI=1S/C36H40N6O24/c1-14(46)16-4-19(30(55)40-23(8-64-11-43)33(58)41-24(9-65-12-44)34(59)42-25(36(62)63)10-66-13-45)17(15(2)47)3-18(16)29(54)37-20(5-26(48)49)31(56)38-21(6-27(50)51)32(57)39-22(35(60)61)7-28(52)53/h3-4,11-13,20-25H,5-10H2,1-2H3,(H,37,54)(H,38,56)(H,39,57)(H,40,55)(H,41,58)(H,42,59)(H,48,49)(H,50,51)(H,52,53)(H,60,61)(H,62,63)/t20?,21-,22-,23?,24-,25-/m0/s1. The van der Waals surface area contributed by atoms with Gasteiger partial charge in [0.1, 0.15) is 50.0 Å². The number of carbonyl (C=O) groups is 16. The molecule has 0 spiro atoms. The van der Waals surface area contributed by atoms with E-state index in [0.717, 1.165) is 13.8 Å². The molecule has 1 aromatic carbocycles. The van der Waals surface area contributed by atoms with Crippen LogP contribution in [0.25, 0.3) is 0 Å². The van der Waals surface area contributed by atoms with Gasteiger partial charge in [-0.25, -0.2) is 9.59 Å². The van der Waals surface area contributed by atoms with Gasteiger partial charge in [0.25, 0.3) is 31.2 Å². The SMILES string of the molecule is CC(=O)c1cc(C(=O)NC(CC(=O)O)C(=O)N[C@@H](CC(=O)O)C(=O)N[C@@H](CC(=O)O)C(=O)O)c(C(C)=O)cc1C(=O)NC(COC=O)C(=O)N[C@@H](COC=O)C(=O)N[C@@H](COC=O)C(=O)O. The molecule has 0 bridgehead atoms. The smallest absolute Gasteiger partial charge is 0.329 e. The van der Waals surface area contributed by atoms with Crippen molar-refractivity contribution >= 4 is 96.3 Å². The number of carboxylic acid groups (broad SMARTS) is 5. The van der Waals surface area contributed by atoms with Crippen molar-refractivity contribution < 1.29 is 116 Å². The van der Waals surface area contributed by atoms with Crippen molar-refractivity contribution in [3.8, 4) is 0 Å². The van der Waals surface area contributed by atoms with Crippen LogP contribution in [0.1, 0.15) is 74.5 Å². The fourth-order valence-corrected chi connectivity index (χ4v) is 5.21. The van der Waals surface area contributed by atoms with Gasteiger partial charge in [0, 0.05) is 11.1 Å². The zero-order valence-corrected chi connectivity index (χ0v) is 34.1. The maximum Gasteiger partial charge on any atom is 0.329 e. The molecule has 2 unspecified atom stereocenters. The van der Waals surface area contributed by atoms with Gasteiger partial charge in [-0.15, -0.1) is 0 Å². The first-order valence-electron chi connectivity index (χ1n) is 18.2. The van der Waals surface area contributed by atoms with E-state index < -0.39 is 174 Å². The zero-order chi connectivity index (χ0) is 50.4. The number of nitrogens with one attached hydrogen (secondary N) is 6. The zero-order valence-electron chi connectivity index (χ0n) is 34.1. The van der Waals surface area contributed by atoms with Crippen molar-refractivity contribution in [1.29, 1.82) is 0 Å². The number of ether oxygens (including phenoxy) is 3. The van der Waals surface area contributed by atoms with Crippen LogP contribution >= 0.6 is 0 Å².